The van der Waals surface area contributed by atoms with Gasteiger partial charge in [0.15, 0.2) is 0 Å². The Bertz CT molecular complexity index is 801. The maximum absolute atomic E-state index is 12.6. The molecule has 7 heteroatoms. The molecule has 0 atom stereocenters. The van der Waals surface area contributed by atoms with Gasteiger partial charge in [0.05, 0.1) is 20.3 Å². The number of carbonyl (C=O) groups excluding carboxylic acids is 1. The summed E-state index contributed by atoms with van der Waals surface area (Å²) in [7, 11) is 4.84. The van der Waals surface area contributed by atoms with E-state index in [1.807, 2.05) is 25.1 Å². The van der Waals surface area contributed by atoms with Crippen LogP contribution in [0.15, 0.2) is 35.1 Å². The molecule has 134 valence electrons. The highest BCUT2D eigenvalue weighted by atomic mass is 16.5. The smallest absolute Gasteiger partial charge is 0.274 e. The number of hydrogen-bond donors (Lipinski definition) is 0. The third-order valence-corrected chi connectivity index (χ3v) is 3.78. The first kappa shape index (κ1) is 18.7. The van der Waals surface area contributed by atoms with Crippen LogP contribution in [0.3, 0.4) is 0 Å². The molecule has 25 heavy (non-hydrogen) atoms. The molecule has 0 bridgehead atoms. The van der Waals surface area contributed by atoms with E-state index in [-0.39, 0.29) is 17.2 Å². The molecule has 1 heterocycles. The van der Waals surface area contributed by atoms with Crippen molar-refractivity contribution in [3.05, 3.63) is 57.5 Å². The molecule has 0 N–H and O–H groups in total. The quantitative estimate of drug-likeness (QED) is 0.760. The predicted octanol–water partition coefficient (Wildman–Crippen LogP) is 1.48. The van der Waals surface area contributed by atoms with Gasteiger partial charge in [0.1, 0.15) is 11.4 Å². The number of carbonyl (C=O) groups is 1. The number of aromatic nitrogens is 2. The number of nitrogens with zero attached hydrogens (tertiary/aromatic N) is 3. The first-order chi connectivity index (χ1) is 12.0. The third kappa shape index (κ3) is 4.67. The van der Waals surface area contributed by atoms with Crippen LogP contribution >= 0.6 is 0 Å². The monoisotopic (exact) mass is 345 g/mol. The normalized spacial score (nSPS) is 10.6. The van der Waals surface area contributed by atoms with Crippen molar-refractivity contribution in [1.82, 2.24) is 14.7 Å². The Morgan fingerprint density at radius 2 is 2.00 bits per heavy atom. The van der Waals surface area contributed by atoms with Crippen molar-refractivity contribution in [2.24, 2.45) is 0 Å². The maximum atomic E-state index is 12.6. The number of ether oxygens (including phenoxy) is 2. The summed E-state index contributed by atoms with van der Waals surface area (Å²) in [5.74, 6) is 0.456. The van der Waals surface area contributed by atoms with Crippen molar-refractivity contribution in [3.8, 4) is 5.75 Å². The van der Waals surface area contributed by atoms with Gasteiger partial charge in [-0.2, -0.15) is 5.10 Å². The van der Waals surface area contributed by atoms with Gasteiger partial charge in [0.2, 0.25) is 0 Å². The molecule has 0 saturated carbocycles. The molecule has 1 aromatic carbocycles. The van der Waals surface area contributed by atoms with Crippen molar-refractivity contribution >= 4 is 5.91 Å². The van der Waals surface area contributed by atoms with Gasteiger partial charge in [-0.15, -0.1) is 0 Å². The van der Waals surface area contributed by atoms with Gasteiger partial charge in [-0.05, 0) is 19.1 Å². The maximum Gasteiger partial charge on any atom is 0.274 e. The van der Waals surface area contributed by atoms with Gasteiger partial charge < -0.3 is 14.4 Å². The average Bonchev–Trinajstić information content (AvgIpc) is 2.60. The summed E-state index contributed by atoms with van der Waals surface area (Å²) in [6.07, 6.45) is 0. The molecule has 1 aromatic heterocycles. The summed E-state index contributed by atoms with van der Waals surface area (Å²) in [6.45, 7) is 3.01. The zero-order chi connectivity index (χ0) is 18.4. The van der Waals surface area contributed by atoms with E-state index in [2.05, 4.69) is 5.10 Å². The Morgan fingerprint density at radius 3 is 2.68 bits per heavy atom. The number of rotatable bonds is 7. The lowest BCUT2D eigenvalue weighted by Crippen LogP contribution is -2.31. The van der Waals surface area contributed by atoms with Crippen LogP contribution in [-0.4, -0.2) is 48.5 Å². The molecule has 0 spiro atoms. The van der Waals surface area contributed by atoms with Crippen molar-refractivity contribution in [2.75, 3.05) is 27.9 Å². The third-order valence-electron chi connectivity index (χ3n) is 3.78. The molecule has 2 rings (SSSR count). The van der Waals surface area contributed by atoms with E-state index in [0.717, 1.165) is 16.9 Å². The Morgan fingerprint density at radius 1 is 1.24 bits per heavy atom. The summed E-state index contributed by atoms with van der Waals surface area (Å²) in [5.41, 5.74) is 1.94. The van der Waals surface area contributed by atoms with Crippen LogP contribution in [0.5, 0.6) is 5.75 Å². The second-order valence-corrected chi connectivity index (χ2v) is 5.75. The standard InChI is InChI=1S/C18H23N3O4/c1-13-5-7-16(25-4)14(11-13)12-20(2)18(23)15-6-8-17(22)21(19-15)9-10-24-3/h5-8,11H,9-10,12H2,1-4H3. The van der Waals surface area contributed by atoms with E-state index < -0.39 is 0 Å². The molecule has 0 fully saturated rings. The highest BCUT2D eigenvalue weighted by molar-refractivity contribution is 5.91. The molecule has 0 radical (unpaired) electrons. The van der Waals surface area contributed by atoms with Gasteiger partial charge in [-0.1, -0.05) is 17.7 Å². The number of hydrogen-bond acceptors (Lipinski definition) is 5. The second kappa shape index (κ2) is 8.43. The van der Waals surface area contributed by atoms with E-state index in [1.165, 1.54) is 16.8 Å². The van der Waals surface area contributed by atoms with E-state index in [0.29, 0.717) is 19.7 Å². The van der Waals surface area contributed by atoms with Crippen molar-refractivity contribution in [3.63, 3.8) is 0 Å². The molecular weight excluding hydrogens is 322 g/mol. The first-order valence-electron chi connectivity index (χ1n) is 7.92. The summed E-state index contributed by atoms with van der Waals surface area (Å²) in [5, 5.41) is 4.13. The summed E-state index contributed by atoms with van der Waals surface area (Å²) >= 11 is 0. The minimum Gasteiger partial charge on any atom is -0.496 e. The van der Waals surface area contributed by atoms with Crippen LogP contribution in [0.1, 0.15) is 21.6 Å². The van der Waals surface area contributed by atoms with Crippen LogP contribution in [0.2, 0.25) is 0 Å². The lowest BCUT2D eigenvalue weighted by molar-refractivity contribution is 0.0774. The highest BCUT2D eigenvalue weighted by Crippen LogP contribution is 2.21. The van der Waals surface area contributed by atoms with Crippen LogP contribution in [0.25, 0.3) is 0 Å². The Balaban J connectivity index is 2.20. The molecule has 1 amide bonds. The number of benzene rings is 1. The summed E-state index contributed by atoms with van der Waals surface area (Å²) in [4.78, 5) is 26.0. The lowest BCUT2D eigenvalue weighted by atomic mass is 10.1. The zero-order valence-corrected chi connectivity index (χ0v) is 15.0. The minimum absolute atomic E-state index is 0.213. The fourth-order valence-electron chi connectivity index (χ4n) is 2.45. The first-order valence-corrected chi connectivity index (χ1v) is 7.92. The average molecular weight is 345 g/mol. The van der Waals surface area contributed by atoms with E-state index in [4.69, 9.17) is 9.47 Å². The van der Waals surface area contributed by atoms with Crippen molar-refractivity contribution in [1.29, 1.82) is 0 Å². The van der Waals surface area contributed by atoms with Crippen LogP contribution in [0, 0.1) is 6.92 Å². The molecular formula is C18H23N3O4. The SMILES string of the molecule is COCCn1nc(C(=O)N(C)Cc2cc(C)ccc2OC)ccc1=O. The van der Waals surface area contributed by atoms with Gasteiger partial charge >= 0.3 is 0 Å². The fraction of sp³-hybridized carbons (Fsp3) is 0.389. The highest BCUT2D eigenvalue weighted by Gasteiger charge is 2.16. The summed E-state index contributed by atoms with van der Waals surface area (Å²) in [6, 6.07) is 8.61. The molecule has 0 aliphatic heterocycles. The molecule has 2 aromatic rings. The summed E-state index contributed by atoms with van der Waals surface area (Å²) < 4.78 is 11.5. The van der Waals surface area contributed by atoms with Gasteiger partial charge in [-0.3, -0.25) is 9.59 Å². The topological polar surface area (TPSA) is 73.7 Å². The van der Waals surface area contributed by atoms with Crippen LogP contribution in [0.4, 0.5) is 0 Å². The molecule has 0 aliphatic rings. The van der Waals surface area contributed by atoms with E-state index >= 15 is 0 Å². The van der Waals surface area contributed by atoms with Crippen molar-refractivity contribution in [2.45, 2.75) is 20.0 Å². The largest absolute Gasteiger partial charge is 0.496 e. The van der Waals surface area contributed by atoms with E-state index in [1.54, 1.807) is 26.2 Å². The Labute approximate surface area is 146 Å². The number of aryl methyl sites for hydroxylation is 1. The minimum atomic E-state index is -0.269. The molecule has 0 saturated heterocycles. The Kier molecular flexibility index (Phi) is 6.30. The van der Waals surface area contributed by atoms with Crippen LogP contribution < -0.4 is 10.3 Å². The zero-order valence-electron chi connectivity index (χ0n) is 15.0. The molecule has 0 unspecified atom stereocenters. The predicted molar refractivity (Wildman–Crippen MR) is 93.9 cm³/mol. The number of amides is 1. The molecule has 0 aliphatic carbocycles. The fourth-order valence-corrected chi connectivity index (χ4v) is 2.45. The van der Waals surface area contributed by atoms with Crippen LogP contribution in [-0.2, 0) is 17.8 Å². The van der Waals surface area contributed by atoms with Gasteiger partial charge in [0, 0.05) is 32.3 Å². The second-order valence-electron chi connectivity index (χ2n) is 5.75. The van der Waals surface area contributed by atoms with Gasteiger partial charge in [0.25, 0.3) is 11.5 Å². The van der Waals surface area contributed by atoms with E-state index in [9.17, 15) is 9.59 Å². The number of methoxy groups -OCH3 is 2. The van der Waals surface area contributed by atoms with Gasteiger partial charge in [-0.25, -0.2) is 4.68 Å². The Hall–Kier alpha value is -2.67. The van der Waals surface area contributed by atoms with Crippen molar-refractivity contribution < 1.29 is 14.3 Å². The lowest BCUT2D eigenvalue weighted by Gasteiger charge is -2.19. The molecule has 7 nitrogen and oxygen atoms in total.